The standard InChI is InChI=1S/C20H24N2O4S2/c1-28(24,25)22-18-10-4-2-7-15(18)13-21-20(23)17-9-3-5-11-19(17)27-14-16-8-6-12-26-16/h2-5,7,9-11,16,22H,6,8,12-14H2,1H3,(H,21,23). The lowest BCUT2D eigenvalue weighted by atomic mass is 10.1. The molecule has 0 aliphatic carbocycles. The molecule has 0 spiro atoms. The number of benzene rings is 2. The summed E-state index contributed by atoms with van der Waals surface area (Å²) in [5, 5.41) is 2.89. The molecule has 2 N–H and O–H groups in total. The molecule has 150 valence electrons. The van der Waals surface area contributed by atoms with E-state index >= 15 is 0 Å². The molecule has 0 bridgehead atoms. The van der Waals surface area contributed by atoms with Crippen LogP contribution in [0.3, 0.4) is 0 Å². The zero-order valence-corrected chi connectivity index (χ0v) is 17.3. The molecule has 6 nitrogen and oxygen atoms in total. The first kappa shape index (κ1) is 20.7. The smallest absolute Gasteiger partial charge is 0.252 e. The van der Waals surface area contributed by atoms with E-state index in [1.54, 1.807) is 42.1 Å². The van der Waals surface area contributed by atoms with Crippen molar-refractivity contribution in [2.24, 2.45) is 0 Å². The molecule has 1 amide bonds. The Morgan fingerprint density at radius 2 is 1.93 bits per heavy atom. The summed E-state index contributed by atoms with van der Waals surface area (Å²) < 4.78 is 31.2. The molecule has 1 aliphatic heterocycles. The fourth-order valence-electron chi connectivity index (χ4n) is 2.98. The van der Waals surface area contributed by atoms with E-state index in [-0.39, 0.29) is 18.6 Å². The number of anilines is 1. The van der Waals surface area contributed by atoms with Gasteiger partial charge in [0, 0.05) is 23.8 Å². The third-order valence-corrected chi connectivity index (χ3v) is 6.13. The molecule has 0 radical (unpaired) electrons. The first-order chi connectivity index (χ1) is 13.4. The summed E-state index contributed by atoms with van der Waals surface area (Å²) in [5.41, 5.74) is 1.77. The van der Waals surface area contributed by atoms with E-state index in [4.69, 9.17) is 4.74 Å². The first-order valence-electron chi connectivity index (χ1n) is 9.10. The van der Waals surface area contributed by atoms with Crippen LogP contribution in [0.25, 0.3) is 0 Å². The highest BCUT2D eigenvalue weighted by atomic mass is 32.2. The predicted octanol–water partition coefficient (Wildman–Crippen LogP) is 3.26. The number of hydrogen-bond donors (Lipinski definition) is 2. The minimum absolute atomic E-state index is 0.190. The number of para-hydroxylation sites is 1. The second-order valence-electron chi connectivity index (χ2n) is 6.66. The number of rotatable bonds is 8. The van der Waals surface area contributed by atoms with Gasteiger partial charge in [0.15, 0.2) is 0 Å². The van der Waals surface area contributed by atoms with E-state index < -0.39 is 10.0 Å². The molecule has 1 unspecified atom stereocenters. The van der Waals surface area contributed by atoms with Gasteiger partial charge in [0.05, 0.1) is 23.6 Å². The van der Waals surface area contributed by atoms with Gasteiger partial charge in [-0.25, -0.2) is 8.42 Å². The summed E-state index contributed by atoms with van der Waals surface area (Å²) in [5.74, 6) is 0.635. The van der Waals surface area contributed by atoms with Crippen molar-refractivity contribution in [1.82, 2.24) is 5.32 Å². The molecule has 1 aliphatic rings. The van der Waals surface area contributed by atoms with Crippen molar-refractivity contribution in [1.29, 1.82) is 0 Å². The van der Waals surface area contributed by atoms with Crippen LogP contribution in [0.1, 0.15) is 28.8 Å². The Kier molecular flexibility index (Phi) is 6.98. The fourth-order valence-corrected chi connectivity index (χ4v) is 4.70. The van der Waals surface area contributed by atoms with Crippen molar-refractivity contribution in [3.8, 4) is 0 Å². The lowest BCUT2D eigenvalue weighted by Gasteiger charge is -2.14. The van der Waals surface area contributed by atoms with Gasteiger partial charge in [-0.15, -0.1) is 11.8 Å². The maximum atomic E-state index is 12.7. The van der Waals surface area contributed by atoms with E-state index in [1.807, 2.05) is 18.2 Å². The summed E-state index contributed by atoms with van der Waals surface area (Å²) in [6, 6.07) is 14.5. The Bertz CT molecular complexity index is 925. The van der Waals surface area contributed by atoms with Crippen molar-refractivity contribution in [2.45, 2.75) is 30.4 Å². The normalized spacial score (nSPS) is 16.7. The molecule has 1 heterocycles. The van der Waals surface area contributed by atoms with Crippen LogP contribution in [-0.4, -0.2) is 39.0 Å². The van der Waals surface area contributed by atoms with Crippen LogP contribution < -0.4 is 10.0 Å². The average Bonchev–Trinajstić information content (AvgIpc) is 3.18. The minimum atomic E-state index is -3.39. The van der Waals surface area contributed by atoms with Gasteiger partial charge < -0.3 is 10.1 Å². The highest BCUT2D eigenvalue weighted by Crippen LogP contribution is 2.27. The van der Waals surface area contributed by atoms with E-state index in [0.29, 0.717) is 16.8 Å². The molecule has 8 heteroatoms. The predicted molar refractivity (Wildman–Crippen MR) is 112 cm³/mol. The van der Waals surface area contributed by atoms with Crippen molar-refractivity contribution in [2.75, 3.05) is 23.3 Å². The van der Waals surface area contributed by atoms with Crippen molar-refractivity contribution < 1.29 is 17.9 Å². The van der Waals surface area contributed by atoms with Gasteiger partial charge in [-0.05, 0) is 36.6 Å². The number of carbonyl (C=O) groups excluding carboxylic acids is 1. The van der Waals surface area contributed by atoms with Crippen LogP contribution in [0.2, 0.25) is 0 Å². The summed E-state index contributed by atoms with van der Waals surface area (Å²) in [4.78, 5) is 13.7. The molecule has 2 aromatic carbocycles. The quantitative estimate of drug-likeness (QED) is 0.641. The largest absolute Gasteiger partial charge is 0.377 e. The molecule has 1 fully saturated rings. The van der Waals surface area contributed by atoms with Gasteiger partial charge in [-0.3, -0.25) is 9.52 Å². The molecular weight excluding hydrogens is 396 g/mol. The molecule has 3 rings (SSSR count). The summed E-state index contributed by atoms with van der Waals surface area (Å²) >= 11 is 1.63. The van der Waals surface area contributed by atoms with Gasteiger partial charge in [-0.1, -0.05) is 30.3 Å². The van der Waals surface area contributed by atoms with Crippen molar-refractivity contribution in [3.05, 3.63) is 59.7 Å². The van der Waals surface area contributed by atoms with Crippen LogP contribution in [0.15, 0.2) is 53.4 Å². The van der Waals surface area contributed by atoms with Crippen LogP contribution in [0.5, 0.6) is 0 Å². The van der Waals surface area contributed by atoms with E-state index in [1.165, 1.54) is 0 Å². The third-order valence-electron chi connectivity index (χ3n) is 4.33. The highest BCUT2D eigenvalue weighted by molar-refractivity contribution is 7.99. The minimum Gasteiger partial charge on any atom is -0.377 e. The van der Waals surface area contributed by atoms with Gasteiger partial charge in [-0.2, -0.15) is 0 Å². The van der Waals surface area contributed by atoms with Crippen molar-refractivity contribution in [3.63, 3.8) is 0 Å². The second kappa shape index (κ2) is 9.45. The monoisotopic (exact) mass is 420 g/mol. The first-order valence-corrected chi connectivity index (χ1v) is 12.0. The number of sulfonamides is 1. The average molecular weight is 421 g/mol. The lowest BCUT2D eigenvalue weighted by Crippen LogP contribution is -2.24. The number of thioether (sulfide) groups is 1. The maximum absolute atomic E-state index is 12.7. The third kappa shape index (κ3) is 5.98. The molecule has 1 saturated heterocycles. The Morgan fingerprint density at radius 1 is 1.18 bits per heavy atom. The summed E-state index contributed by atoms with van der Waals surface area (Å²) in [7, 11) is -3.39. The Labute approximate surface area is 170 Å². The van der Waals surface area contributed by atoms with Crippen LogP contribution in [-0.2, 0) is 21.3 Å². The van der Waals surface area contributed by atoms with Crippen LogP contribution in [0.4, 0.5) is 5.69 Å². The number of hydrogen-bond acceptors (Lipinski definition) is 5. The molecule has 28 heavy (non-hydrogen) atoms. The van der Waals surface area contributed by atoms with Gasteiger partial charge in [0.25, 0.3) is 5.91 Å². The topological polar surface area (TPSA) is 84.5 Å². The molecular formula is C20H24N2O4S2. The summed E-state index contributed by atoms with van der Waals surface area (Å²) in [6.07, 6.45) is 3.50. The van der Waals surface area contributed by atoms with Crippen LogP contribution in [0, 0.1) is 0 Å². The number of amides is 1. The Morgan fingerprint density at radius 3 is 2.68 bits per heavy atom. The van der Waals surface area contributed by atoms with E-state index in [0.717, 1.165) is 36.4 Å². The van der Waals surface area contributed by atoms with Crippen LogP contribution >= 0.6 is 11.8 Å². The number of carbonyl (C=O) groups is 1. The van der Waals surface area contributed by atoms with Gasteiger partial charge in [0.1, 0.15) is 0 Å². The SMILES string of the molecule is CS(=O)(=O)Nc1ccccc1CNC(=O)c1ccccc1SCC1CCCO1. The maximum Gasteiger partial charge on any atom is 0.252 e. The number of nitrogens with one attached hydrogen (secondary N) is 2. The Hall–Kier alpha value is -2.03. The molecule has 1 atom stereocenters. The van der Waals surface area contributed by atoms with E-state index in [9.17, 15) is 13.2 Å². The zero-order valence-electron chi connectivity index (χ0n) is 15.7. The molecule has 0 saturated carbocycles. The van der Waals surface area contributed by atoms with E-state index in [2.05, 4.69) is 10.0 Å². The van der Waals surface area contributed by atoms with Crippen molar-refractivity contribution >= 4 is 33.4 Å². The van der Waals surface area contributed by atoms with Gasteiger partial charge in [0.2, 0.25) is 10.0 Å². The lowest BCUT2D eigenvalue weighted by molar-refractivity contribution is 0.0948. The molecule has 0 aromatic heterocycles. The highest BCUT2D eigenvalue weighted by Gasteiger charge is 2.18. The fraction of sp³-hybridized carbons (Fsp3) is 0.350. The Balaban J connectivity index is 1.66. The second-order valence-corrected chi connectivity index (χ2v) is 9.47. The molecule has 2 aromatic rings. The zero-order chi connectivity index (χ0) is 20.0. The number of ether oxygens (including phenoxy) is 1. The van der Waals surface area contributed by atoms with Gasteiger partial charge >= 0.3 is 0 Å². The summed E-state index contributed by atoms with van der Waals surface area (Å²) in [6.45, 7) is 1.04.